The van der Waals surface area contributed by atoms with Crippen molar-refractivity contribution in [3.05, 3.63) is 94.0 Å². The first-order valence-electron chi connectivity index (χ1n) is 11.7. The Balaban J connectivity index is 1.75. The molecule has 1 amide bonds. The van der Waals surface area contributed by atoms with E-state index < -0.39 is 5.97 Å². The molecule has 0 unspecified atom stereocenters. The number of ether oxygens (including phenoxy) is 1. The number of aromatic carboxylic acids is 1. The van der Waals surface area contributed by atoms with Crippen LogP contribution in [0.25, 0.3) is 11.1 Å². The number of hydrogen-bond donors (Lipinski definition) is 2. The van der Waals surface area contributed by atoms with Gasteiger partial charge >= 0.3 is 5.97 Å². The molecule has 1 aliphatic rings. The maximum absolute atomic E-state index is 12.3. The standard InChI is InChI=1S/C29H28ClNO4/c1-18(2)28(32)31-23-14-20(13-21(15-23)29(33)34)24-9-6-10-25(24)26-16-22(30)11-12-27(26)35-17-19-7-4-3-5-8-19/h3-5,7-8,11-16,18H,6,9-10,17H2,1-2H3,(H,31,32)(H,33,34). The van der Waals surface area contributed by atoms with E-state index in [1.807, 2.05) is 54.6 Å². The van der Waals surface area contributed by atoms with Crippen molar-refractivity contribution in [2.75, 3.05) is 5.32 Å². The third-order valence-corrected chi connectivity index (χ3v) is 6.28. The fourth-order valence-corrected chi connectivity index (χ4v) is 4.41. The number of carboxylic acid groups (broad SMARTS) is 1. The first kappa shape index (κ1) is 24.6. The summed E-state index contributed by atoms with van der Waals surface area (Å²) in [6.07, 6.45) is 2.54. The van der Waals surface area contributed by atoms with Gasteiger partial charge in [0, 0.05) is 22.2 Å². The minimum absolute atomic E-state index is 0.131. The number of carbonyl (C=O) groups is 2. The summed E-state index contributed by atoms with van der Waals surface area (Å²) in [5, 5.41) is 13.1. The van der Waals surface area contributed by atoms with Crippen LogP contribution >= 0.6 is 11.6 Å². The van der Waals surface area contributed by atoms with Gasteiger partial charge in [-0.3, -0.25) is 4.79 Å². The lowest BCUT2D eigenvalue weighted by atomic mass is 9.94. The summed E-state index contributed by atoms with van der Waals surface area (Å²) in [5.74, 6) is -0.688. The highest BCUT2D eigenvalue weighted by molar-refractivity contribution is 6.30. The van der Waals surface area contributed by atoms with Gasteiger partial charge in [0.25, 0.3) is 0 Å². The van der Waals surface area contributed by atoms with Gasteiger partial charge in [-0.15, -0.1) is 0 Å². The van der Waals surface area contributed by atoms with E-state index in [1.54, 1.807) is 19.9 Å². The Morgan fingerprint density at radius 2 is 1.74 bits per heavy atom. The summed E-state index contributed by atoms with van der Waals surface area (Å²) in [6.45, 7) is 4.02. The SMILES string of the molecule is CC(C)C(=O)Nc1cc(C(=O)O)cc(C2=C(c3cc(Cl)ccc3OCc3ccccc3)CCC2)c1. The predicted molar refractivity (Wildman–Crippen MR) is 140 cm³/mol. The number of benzene rings is 3. The van der Waals surface area contributed by atoms with Gasteiger partial charge < -0.3 is 15.2 Å². The third kappa shape index (κ3) is 5.92. The minimum Gasteiger partial charge on any atom is -0.488 e. The van der Waals surface area contributed by atoms with Gasteiger partial charge in [-0.25, -0.2) is 4.79 Å². The molecule has 0 aromatic heterocycles. The lowest BCUT2D eigenvalue weighted by molar-refractivity contribution is -0.118. The average Bonchev–Trinajstić information content (AvgIpc) is 3.33. The van der Waals surface area contributed by atoms with Crippen molar-refractivity contribution in [1.82, 2.24) is 0 Å². The molecule has 1 aliphatic carbocycles. The van der Waals surface area contributed by atoms with Crippen LogP contribution in [0.1, 0.15) is 60.2 Å². The Hall–Kier alpha value is -3.57. The number of carboxylic acids is 1. The van der Waals surface area contributed by atoms with E-state index in [4.69, 9.17) is 16.3 Å². The molecule has 35 heavy (non-hydrogen) atoms. The molecule has 5 nitrogen and oxygen atoms in total. The molecule has 3 aromatic rings. The van der Waals surface area contributed by atoms with Crippen molar-refractivity contribution in [2.45, 2.75) is 39.7 Å². The van der Waals surface area contributed by atoms with E-state index in [9.17, 15) is 14.7 Å². The molecule has 0 aliphatic heterocycles. The molecule has 180 valence electrons. The van der Waals surface area contributed by atoms with Crippen LogP contribution in [0.15, 0.2) is 66.7 Å². The molecule has 3 aromatic carbocycles. The molecule has 0 bridgehead atoms. The van der Waals surface area contributed by atoms with E-state index >= 15 is 0 Å². The molecule has 0 spiro atoms. The van der Waals surface area contributed by atoms with Crippen LogP contribution < -0.4 is 10.1 Å². The van der Waals surface area contributed by atoms with E-state index in [1.165, 1.54) is 6.07 Å². The number of allylic oxidation sites excluding steroid dienone is 2. The summed E-state index contributed by atoms with van der Waals surface area (Å²) in [6, 6.07) is 20.6. The van der Waals surface area contributed by atoms with Crippen LogP contribution in [0.5, 0.6) is 5.75 Å². The molecular formula is C29H28ClNO4. The third-order valence-electron chi connectivity index (χ3n) is 6.04. The van der Waals surface area contributed by atoms with Gasteiger partial charge in [-0.05, 0) is 77.9 Å². The Labute approximate surface area is 210 Å². The van der Waals surface area contributed by atoms with Gasteiger partial charge in [-0.2, -0.15) is 0 Å². The van der Waals surface area contributed by atoms with Gasteiger partial charge in [0.2, 0.25) is 5.91 Å². The summed E-state index contributed by atoms with van der Waals surface area (Å²) in [4.78, 5) is 24.1. The van der Waals surface area contributed by atoms with E-state index in [2.05, 4.69) is 5.32 Å². The molecule has 6 heteroatoms. The Morgan fingerprint density at radius 1 is 1.00 bits per heavy atom. The molecular weight excluding hydrogens is 462 g/mol. The number of carbonyl (C=O) groups excluding carboxylic acids is 1. The Bertz CT molecular complexity index is 1280. The molecule has 0 radical (unpaired) electrons. The van der Waals surface area contributed by atoms with Crippen LogP contribution in [-0.2, 0) is 11.4 Å². The lowest BCUT2D eigenvalue weighted by Crippen LogP contribution is -2.18. The van der Waals surface area contributed by atoms with E-state index in [0.29, 0.717) is 17.3 Å². The normalized spacial score (nSPS) is 13.3. The van der Waals surface area contributed by atoms with Crippen LogP contribution in [-0.4, -0.2) is 17.0 Å². The number of nitrogens with one attached hydrogen (secondary N) is 1. The fourth-order valence-electron chi connectivity index (χ4n) is 4.24. The number of amides is 1. The van der Waals surface area contributed by atoms with Crippen LogP contribution in [0.4, 0.5) is 5.69 Å². The molecule has 0 saturated carbocycles. The second-order valence-electron chi connectivity index (χ2n) is 8.97. The van der Waals surface area contributed by atoms with Crippen LogP contribution in [0.2, 0.25) is 5.02 Å². The zero-order valence-electron chi connectivity index (χ0n) is 19.8. The van der Waals surface area contributed by atoms with Gasteiger partial charge in [0.05, 0.1) is 5.56 Å². The maximum Gasteiger partial charge on any atom is 0.335 e. The second kappa shape index (κ2) is 10.8. The first-order valence-corrected chi connectivity index (χ1v) is 12.1. The van der Waals surface area contributed by atoms with E-state index in [0.717, 1.165) is 52.8 Å². The largest absolute Gasteiger partial charge is 0.488 e. The van der Waals surface area contributed by atoms with Crippen molar-refractivity contribution in [3.8, 4) is 5.75 Å². The Kier molecular flexibility index (Phi) is 7.57. The number of hydrogen-bond acceptors (Lipinski definition) is 3. The predicted octanol–water partition coefficient (Wildman–Crippen LogP) is 7.31. The summed E-state index contributed by atoms with van der Waals surface area (Å²) >= 11 is 6.38. The fraction of sp³-hybridized carbons (Fsp3) is 0.241. The average molecular weight is 490 g/mol. The molecule has 0 saturated heterocycles. The number of halogens is 1. The Morgan fingerprint density at radius 3 is 2.46 bits per heavy atom. The highest BCUT2D eigenvalue weighted by Gasteiger charge is 2.23. The molecule has 4 rings (SSSR count). The number of rotatable bonds is 8. The van der Waals surface area contributed by atoms with Crippen molar-refractivity contribution < 1.29 is 19.4 Å². The van der Waals surface area contributed by atoms with Gasteiger partial charge in [-0.1, -0.05) is 55.8 Å². The molecule has 0 atom stereocenters. The quantitative estimate of drug-likeness (QED) is 0.348. The monoisotopic (exact) mass is 489 g/mol. The van der Waals surface area contributed by atoms with Crippen LogP contribution in [0.3, 0.4) is 0 Å². The topological polar surface area (TPSA) is 75.6 Å². The zero-order valence-corrected chi connectivity index (χ0v) is 20.6. The highest BCUT2D eigenvalue weighted by Crippen LogP contribution is 2.44. The molecule has 0 fully saturated rings. The molecule has 2 N–H and O–H groups in total. The van der Waals surface area contributed by atoms with Crippen molar-refractivity contribution >= 4 is 40.3 Å². The minimum atomic E-state index is -1.04. The van der Waals surface area contributed by atoms with Crippen molar-refractivity contribution in [2.24, 2.45) is 5.92 Å². The highest BCUT2D eigenvalue weighted by atomic mass is 35.5. The summed E-state index contributed by atoms with van der Waals surface area (Å²) in [5.41, 5.74) is 5.49. The summed E-state index contributed by atoms with van der Waals surface area (Å²) < 4.78 is 6.20. The molecule has 0 heterocycles. The lowest BCUT2D eigenvalue weighted by Gasteiger charge is -2.16. The second-order valence-corrected chi connectivity index (χ2v) is 9.41. The maximum atomic E-state index is 12.3. The van der Waals surface area contributed by atoms with E-state index in [-0.39, 0.29) is 17.4 Å². The summed E-state index contributed by atoms with van der Waals surface area (Å²) in [7, 11) is 0. The zero-order chi connectivity index (χ0) is 24.9. The smallest absolute Gasteiger partial charge is 0.335 e. The van der Waals surface area contributed by atoms with Crippen LogP contribution in [0, 0.1) is 5.92 Å². The van der Waals surface area contributed by atoms with Crippen molar-refractivity contribution in [1.29, 1.82) is 0 Å². The van der Waals surface area contributed by atoms with Crippen molar-refractivity contribution in [3.63, 3.8) is 0 Å². The van der Waals surface area contributed by atoms with Gasteiger partial charge in [0.1, 0.15) is 12.4 Å². The first-order chi connectivity index (χ1) is 16.8. The van der Waals surface area contributed by atoms with Gasteiger partial charge in [0.15, 0.2) is 0 Å². The number of anilines is 1.